The Labute approximate surface area is 49.4 Å². The van der Waals surface area contributed by atoms with Crippen LogP contribution in [0.1, 0.15) is 13.8 Å². The summed E-state index contributed by atoms with van der Waals surface area (Å²) in [5.74, 6) is 0. The molecule has 0 saturated heterocycles. The lowest BCUT2D eigenvalue weighted by molar-refractivity contribution is 0.127. The van der Waals surface area contributed by atoms with E-state index in [4.69, 9.17) is 10.5 Å². The Morgan fingerprint density at radius 2 is 2.12 bits per heavy atom. The lowest BCUT2D eigenvalue weighted by Crippen LogP contribution is -2.21. The van der Waals surface area contributed by atoms with Crippen LogP contribution in [0.5, 0.6) is 0 Å². The topological polar surface area (TPSA) is 44.1 Å². The van der Waals surface area contributed by atoms with Crippen LogP contribution in [0.2, 0.25) is 0 Å². The van der Waals surface area contributed by atoms with Gasteiger partial charge in [0.1, 0.15) is 0 Å². The average molecular weight is 113 g/mol. The van der Waals surface area contributed by atoms with E-state index >= 15 is 0 Å². The molecule has 0 heterocycles. The lowest BCUT2D eigenvalue weighted by atomic mass is 10.0. The molecule has 0 aliphatic carbocycles. The third kappa shape index (κ3) is 1.89. The first kappa shape index (κ1) is 7.37. The van der Waals surface area contributed by atoms with Gasteiger partial charge in [0.15, 0.2) is 0 Å². The van der Waals surface area contributed by atoms with Gasteiger partial charge in [-0.2, -0.15) is 0 Å². The van der Waals surface area contributed by atoms with E-state index in [9.17, 15) is 0 Å². The highest BCUT2D eigenvalue weighted by molar-refractivity contribution is 5.77. The molecular formula is C6H11NO. The number of nitrogens with one attached hydrogen (secondary N) is 1. The summed E-state index contributed by atoms with van der Waals surface area (Å²) in [6, 6.07) is 0. The van der Waals surface area contributed by atoms with Crippen LogP contribution >= 0.6 is 0 Å². The Bertz CT molecular complexity index is 110. The molecule has 2 N–H and O–H groups in total. The molecule has 0 unspecified atom stereocenters. The summed E-state index contributed by atoms with van der Waals surface area (Å²) in [6.07, 6.45) is 1.06. The van der Waals surface area contributed by atoms with Gasteiger partial charge in [-0.25, -0.2) is 0 Å². The van der Waals surface area contributed by atoms with Crippen molar-refractivity contribution in [2.45, 2.75) is 19.4 Å². The van der Waals surface area contributed by atoms with Gasteiger partial charge in [0.25, 0.3) is 0 Å². The van der Waals surface area contributed by atoms with Crippen LogP contribution in [0.15, 0.2) is 12.2 Å². The van der Waals surface area contributed by atoms with Crippen LogP contribution in [0.3, 0.4) is 0 Å². The summed E-state index contributed by atoms with van der Waals surface area (Å²) >= 11 is 0. The summed E-state index contributed by atoms with van der Waals surface area (Å²) in [5, 5.41) is 15.7. The van der Waals surface area contributed by atoms with Crippen LogP contribution in [0, 0.1) is 5.41 Å². The molecule has 0 spiro atoms. The fourth-order valence-corrected chi connectivity index (χ4v) is 0.177. The minimum atomic E-state index is -0.929. The van der Waals surface area contributed by atoms with Crippen molar-refractivity contribution >= 4 is 6.21 Å². The van der Waals surface area contributed by atoms with E-state index in [1.165, 1.54) is 0 Å². The second-order valence-corrected chi connectivity index (χ2v) is 2.23. The first-order valence-electron chi connectivity index (χ1n) is 2.40. The minimum absolute atomic E-state index is 0.428. The number of hydrogen-bond acceptors (Lipinski definition) is 2. The maximum Gasteiger partial charge on any atom is 0.0849 e. The third-order valence-corrected chi connectivity index (χ3v) is 0.960. The van der Waals surface area contributed by atoms with E-state index < -0.39 is 5.60 Å². The molecule has 46 valence electrons. The molecule has 0 aliphatic rings. The number of aliphatic hydroxyl groups is 1. The molecule has 2 heteroatoms. The molecule has 0 radical (unpaired) electrons. The molecular weight excluding hydrogens is 102 g/mol. The van der Waals surface area contributed by atoms with Gasteiger partial charge in [-0.05, 0) is 19.4 Å². The van der Waals surface area contributed by atoms with E-state index in [2.05, 4.69) is 6.58 Å². The maximum absolute atomic E-state index is 9.04. The summed E-state index contributed by atoms with van der Waals surface area (Å²) in [4.78, 5) is 0. The van der Waals surface area contributed by atoms with Gasteiger partial charge in [0.05, 0.1) is 5.60 Å². The van der Waals surface area contributed by atoms with Gasteiger partial charge in [0, 0.05) is 6.21 Å². The predicted octanol–water partition coefficient (Wildman–Crippen LogP) is 0.963. The maximum atomic E-state index is 9.04. The minimum Gasteiger partial charge on any atom is -0.386 e. The zero-order valence-corrected chi connectivity index (χ0v) is 5.23. The Morgan fingerprint density at radius 1 is 1.75 bits per heavy atom. The van der Waals surface area contributed by atoms with Gasteiger partial charge in [-0.15, -0.1) is 0 Å². The van der Waals surface area contributed by atoms with Crippen molar-refractivity contribution in [1.82, 2.24) is 0 Å². The Morgan fingerprint density at radius 3 is 2.12 bits per heavy atom. The zero-order chi connectivity index (χ0) is 6.78. The van der Waals surface area contributed by atoms with Crippen molar-refractivity contribution in [2.24, 2.45) is 0 Å². The summed E-state index contributed by atoms with van der Waals surface area (Å²) in [5.41, 5.74) is -0.501. The van der Waals surface area contributed by atoms with E-state index in [-0.39, 0.29) is 0 Å². The molecule has 0 atom stereocenters. The van der Waals surface area contributed by atoms with Crippen molar-refractivity contribution in [2.75, 3.05) is 0 Å². The fraction of sp³-hybridized carbons (Fsp3) is 0.500. The molecule has 0 bridgehead atoms. The van der Waals surface area contributed by atoms with E-state index in [0.29, 0.717) is 5.57 Å². The Kier molecular flexibility index (Phi) is 1.93. The first-order valence-corrected chi connectivity index (χ1v) is 2.40. The molecule has 0 rings (SSSR count). The summed E-state index contributed by atoms with van der Waals surface area (Å²) in [7, 11) is 0. The van der Waals surface area contributed by atoms with Gasteiger partial charge >= 0.3 is 0 Å². The molecule has 0 aromatic rings. The smallest absolute Gasteiger partial charge is 0.0849 e. The molecule has 0 aliphatic heterocycles. The molecule has 0 aromatic carbocycles. The largest absolute Gasteiger partial charge is 0.386 e. The predicted molar refractivity (Wildman–Crippen MR) is 34.2 cm³/mol. The second kappa shape index (κ2) is 2.09. The highest BCUT2D eigenvalue weighted by Crippen LogP contribution is 2.09. The van der Waals surface area contributed by atoms with Crippen molar-refractivity contribution in [1.29, 1.82) is 5.41 Å². The van der Waals surface area contributed by atoms with Crippen LogP contribution in [0.4, 0.5) is 0 Å². The monoisotopic (exact) mass is 113 g/mol. The van der Waals surface area contributed by atoms with Crippen molar-refractivity contribution in [3.8, 4) is 0 Å². The van der Waals surface area contributed by atoms with Gasteiger partial charge in [0.2, 0.25) is 0 Å². The normalized spacial score (nSPS) is 10.9. The second-order valence-electron chi connectivity index (χ2n) is 2.23. The highest BCUT2D eigenvalue weighted by Gasteiger charge is 2.13. The summed E-state index contributed by atoms with van der Waals surface area (Å²) < 4.78 is 0. The fourth-order valence-electron chi connectivity index (χ4n) is 0.177. The molecule has 0 amide bonds. The third-order valence-electron chi connectivity index (χ3n) is 0.960. The average Bonchev–Trinajstić information content (AvgIpc) is 1.62. The van der Waals surface area contributed by atoms with Crippen LogP contribution in [-0.4, -0.2) is 16.9 Å². The Balaban J connectivity index is 4.02. The SMILES string of the molecule is C=C(C=N)C(C)(C)O. The van der Waals surface area contributed by atoms with Crippen LogP contribution in [0.25, 0.3) is 0 Å². The molecule has 0 fully saturated rings. The quantitative estimate of drug-likeness (QED) is 0.515. The van der Waals surface area contributed by atoms with E-state index in [1.54, 1.807) is 13.8 Å². The van der Waals surface area contributed by atoms with Gasteiger partial charge in [-0.1, -0.05) is 6.58 Å². The van der Waals surface area contributed by atoms with E-state index in [0.717, 1.165) is 6.21 Å². The van der Waals surface area contributed by atoms with Gasteiger partial charge in [-0.3, -0.25) is 0 Å². The van der Waals surface area contributed by atoms with Crippen molar-refractivity contribution in [3.63, 3.8) is 0 Å². The number of hydrogen-bond donors (Lipinski definition) is 2. The first-order chi connectivity index (χ1) is 3.48. The van der Waals surface area contributed by atoms with E-state index in [1.807, 2.05) is 0 Å². The van der Waals surface area contributed by atoms with Crippen molar-refractivity contribution < 1.29 is 5.11 Å². The molecule has 2 nitrogen and oxygen atoms in total. The van der Waals surface area contributed by atoms with Crippen LogP contribution in [-0.2, 0) is 0 Å². The summed E-state index contributed by atoms with van der Waals surface area (Å²) in [6.45, 7) is 6.65. The standard InChI is InChI=1S/C6H11NO/c1-5(4-7)6(2,3)8/h4,7-8H,1H2,2-3H3. The van der Waals surface area contributed by atoms with Crippen LogP contribution < -0.4 is 0 Å². The zero-order valence-electron chi connectivity index (χ0n) is 5.23. The molecule has 0 saturated carbocycles. The molecule has 8 heavy (non-hydrogen) atoms. The van der Waals surface area contributed by atoms with Gasteiger partial charge < -0.3 is 10.5 Å². The highest BCUT2D eigenvalue weighted by atomic mass is 16.3. The molecule has 0 aromatic heterocycles. The van der Waals surface area contributed by atoms with Crippen molar-refractivity contribution in [3.05, 3.63) is 12.2 Å². The lowest BCUT2D eigenvalue weighted by Gasteiger charge is -2.15. The Hall–Kier alpha value is -0.630. The number of rotatable bonds is 2.